The molecule has 0 saturated carbocycles. The molecule has 2 rings (SSSR count). The summed E-state index contributed by atoms with van der Waals surface area (Å²) in [5.41, 5.74) is -3.53. The number of nitrogens with zero attached hydrogens (tertiary/aromatic N) is 1. The molecule has 0 fully saturated rings. The fraction of sp³-hybridized carbons (Fsp3) is 0.250. The predicted molar refractivity (Wildman–Crippen MR) is 67.4 cm³/mol. The fourth-order valence-corrected chi connectivity index (χ4v) is 2.38. The zero-order valence-electron chi connectivity index (χ0n) is 9.65. The zero-order valence-corrected chi connectivity index (χ0v) is 10.5. The van der Waals surface area contributed by atoms with Crippen LogP contribution >= 0.6 is 11.8 Å². The maximum absolute atomic E-state index is 12.1. The second kappa shape index (κ2) is 5.16. The molecule has 0 aliphatic rings. The van der Waals surface area contributed by atoms with E-state index in [1.807, 2.05) is 0 Å². The first kappa shape index (κ1) is 13.8. The molecule has 1 heterocycles. The second-order valence-corrected chi connectivity index (χ2v) is 5.01. The van der Waals surface area contributed by atoms with Crippen molar-refractivity contribution in [1.29, 1.82) is 0 Å². The number of thioether (sulfide) groups is 1. The van der Waals surface area contributed by atoms with Crippen molar-refractivity contribution in [2.24, 2.45) is 0 Å². The lowest BCUT2D eigenvalue weighted by Crippen LogP contribution is -2.06. The van der Waals surface area contributed by atoms with Crippen LogP contribution in [0, 0.1) is 0 Å². The number of aromatic nitrogens is 1. The van der Waals surface area contributed by atoms with E-state index in [1.165, 1.54) is 10.8 Å². The van der Waals surface area contributed by atoms with Crippen molar-refractivity contribution in [3.05, 3.63) is 36.0 Å². The summed E-state index contributed by atoms with van der Waals surface area (Å²) in [6.45, 7) is 0.109. The van der Waals surface area contributed by atoms with Crippen LogP contribution < -0.4 is 0 Å². The Kier molecular flexibility index (Phi) is 3.75. The molecule has 19 heavy (non-hydrogen) atoms. The van der Waals surface area contributed by atoms with Gasteiger partial charge >= 0.3 is 11.5 Å². The van der Waals surface area contributed by atoms with Crippen LogP contribution in [0.1, 0.15) is 10.4 Å². The average Bonchev–Trinajstić information content (AvgIpc) is 2.67. The number of fused-ring (bicyclic) bond motifs is 1. The Morgan fingerprint density at radius 3 is 2.63 bits per heavy atom. The maximum atomic E-state index is 12.1. The van der Waals surface area contributed by atoms with Gasteiger partial charge in [0, 0.05) is 29.4 Å². The Balaban J connectivity index is 2.26. The van der Waals surface area contributed by atoms with E-state index in [9.17, 15) is 18.0 Å². The van der Waals surface area contributed by atoms with Crippen molar-refractivity contribution in [3.8, 4) is 0 Å². The first-order chi connectivity index (χ1) is 8.88. The number of aryl methyl sites for hydroxylation is 1. The van der Waals surface area contributed by atoms with E-state index in [0.717, 1.165) is 0 Å². The number of alkyl halides is 3. The van der Waals surface area contributed by atoms with Gasteiger partial charge in [-0.3, -0.25) is 0 Å². The highest BCUT2D eigenvalue weighted by atomic mass is 32.2. The van der Waals surface area contributed by atoms with Crippen molar-refractivity contribution in [3.63, 3.8) is 0 Å². The molecule has 0 bridgehead atoms. The van der Waals surface area contributed by atoms with Gasteiger partial charge in [-0.2, -0.15) is 13.2 Å². The van der Waals surface area contributed by atoms with Gasteiger partial charge in [0.2, 0.25) is 0 Å². The van der Waals surface area contributed by atoms with Crippen molar-refractivity contribution in [2.45, 2.75) is 12.1 Å². The van der Waals surface area contributed by atoms with E-state index in [2.05, 4.69) is 0 Å². The zero-order chi connectivity index (χ0) is 14.0. The number of para-hydroxylation sites is 1. The summed E-state index contributed by atoms with van der Waals surface area (Å²) >= 11 is -0.114. The van der Waals surface area contributed by atoms with Crippen LogP contribution in [-0.2, 0) is 6.54 Å². The van der Waals surface area contributed by atoms with Crippen LogP contribution in [0.15, 0.2) is 30.5 Å². The number of carboxylic acid groups (broad SMARTS) is 1. The minimum atomic E-state index is -4.27. The largest absolute Gasteiger partial charge is 0.478 e. The summed E-state index contributed by atoms with van der Waals surface area (Å²) in [5, 5.41) is 9.59. The van der Waals surface area contributed by atoms with Gasteiger partial charge in [-0.1, -0.05) is 18.2 Å². The minimum Gasteiger partial charge on any atom is -0.478 e. The van der Waals surface area contributed by atoms with Gasteiger partial charge in [0.05, 0.1) is 5.56 Å². The van der Waals surface area contributed by atoms with Crippen molar-refractivity contribution < 1.29 is 23.1 Å². The Hall–Kier alpha value is -1.63. The van der Waals surface area contributed by atoms with E-state index in [-0.39, 0.29) is 29.6 Å². The first-order valence-electron chi connectivity index (χ1n) is 5.40. The first-order valence-corrected chi connectivity index (χ1v) is 6.39. The summed E-state index contributed by atoms with van der Waals surface area (Å²) in [5.74, 6) is -1.24. The fourth-order valence-electron chi connectivity index (χ4n) is 1.86. The second-order valence-electron chi connectivity index (χ2n) is 3.85. The van der Waals surface area contributed by atoms with E-state index < -0.39 is 11.5 Å². The van der Waals surface area contributed by atoms with Gasteiger partial charge in [-0.15, -0.1) is 0 Å². The lowest BCUT2D eigenvalue weighted by molar-refractivity contribution is -0.0328. The number of aromatic carboxylic acids is 1. The molecule has 0 amide bonds. The number of halogens is 3. The highest BCUT2D eigenvalue weighted by Gasteiger charge is 2.27. The van der Waals surface area contributed by atoms with Gasteiger partial charge in [0.15, 0.2) is 0 Å². The molecule has 0 saturated heterocycles. The number of benzene rings is 1. The van der Waals surface area contributed by atoms with Gasteiger partial charge in [-0.05, 0) is 17.8 Å². The highest BCUT2D eigenvalue weighted by molar-refractivity contribution is 8.00. The SMILES string of the molecule is O=C(O)c1cn(CCSC(F)(F)F)c2ccccc12. The molecule has 1 N–H and O–H groups in total. The van der Waals surface area contributed by atoms with Crippen molar-refractivity contribution >= 4 is 28.6 Å². The van der Waals surface area contributed by atoms with E-state index >= 15 is 0 Å². The molecule has 0 atom stereocenters. The number of carbonyl (C=O) groups is 1. The molecule has 0 aliphatic carbocycles. The van der Waals surface area contributed by atoms with Crippen LogP contribution in [0.3, 0.4) is 0 Å². The third-order valence-corrected chi connectivity index (χ3v) is 3.33. The molecule has 2 aromatic rings. The average molecular weight is 289 g/mol. The number of hydrogen-bond donors (Lipinski definition) is 1. The van der Waals surface area contributed by atoms with Crippen molar-refractivity contribution in [1.82, 2.24) is 4.57 Å². The normalized spacial score (nSPS) is 11.9. The monoisotopic (exact) mass is 289 g/mol. The number of hydrogen-bond acceptors (Lipinski definition) is 2. The lowest BCUT2D eigenvalue weighted by atomic mass is 10.2. The maximum Gasteiger partial charge on any atom is 0.441 e. The Morgan fingerprint density at radius 1 is 1.32 bits per heavy atom. The molecule has 1 aromatic carbocycles. The third kappa shape index (κ3) is 3.23. The summed E-state index contributed by atoms with van der Waals surface area (Å²) in [7, 11) is 0. The van der Waals surface area contributed by atoms with Gasteiger partial charge in [0.1, 0.15) is 0 Å². The molecule has 0 unspecified atom stereocenters. The van der Waals surface area contributed by atoms with Crippen LogP contribution in [0.25, 0.3) is 10.9 Å². The molecule has 0 aliphatic heterocycles. The summed E-state index contributed by atoms with van der Waals surface area (Å²) in [4.78, 5) is 11.1. The molecular formula is C12H10F3NO2S. The van der Waals surface area contributed by atoms with E-state index in [0.29, 0.717) is 10.9 Å². The molecule has 0 radical (unpaired) electrons. The Labute approximate surface area is 111 Å². The van der Waals surface area contributed by atoms with Crippen molar-refractivity contribution in [2.75, 3.05) is 5.75 Å². The highest BCUT2D eigenvalue weighted by Crippen LogP contribution is 2.30. The van der Waals surface area contributed by atoms with Gasteiger partial charge in [0.25, 0.3) is 0 Å². The Morgan fingerprint density at radius 2 is 2.00 bits per heavy atom. The summed E-state index contributed by atoms with van der Waals surface area (Å²) in [6, 6.07) is 6.76. The quantitative estimate of drug-likeness (QED) is 0.935. The van der Waals surface area contributed by atoms with E-state index in [4.69, 9.17) is 5.11 Å². The molecule has 102 valence electrons. The lowest BCUT2D eigenvalue weighted by Gasteiger charge is -2.07. The van der Waals surface area contributed by atoms with Crippen LogP contribution in [-0.4, -0.2) is 26.9 Å². The summed E-state index contributed by atoms with van der Waals surface area (Å²) < 4.78 is 37.7. The molecule has 7 heteroatoms. The van der Waals surface area contributed by atoms with Gasteiger partial charge in [-0.25, -0.2) is 4.79 Å². The number of rotatable bonds is 4. The minimum absolute atomic E-state index is 0.104. The molecule has 3 nitrogen and oxygen atoms in total. The van der Waals surface area contributed by atoms with E-state index in [1.54, 1.807) is 24.3 Å². The number of carboxylic acids is 1. The smallest absolute Gasteiger partial charge is 0.441 e. The van der Waals surface area contributed by atoms with Crippen LogP contribution in [0.4, 0.5) is 13.2 Å². The van der Waals surface area contributed by atoms with Crippen LogP contribution in [0.5, 0.6) is 0 Å². The topological polar surface area (TPSA) is 42.2 Å². The molecule has 0 spiro atoms. The predicted octanol–water partition coefficient (Wildman–Crippen LogP) is 3.59. The summed E-state index contributed by atoms with van der Waals surface area (Å²) in [6.07, 6.45) is 1.38. The third-order valence-electron chi connectivity index (χ3n) is 2.62. The van der Waals surface area contributed by atoms with Crippen LogP contribution in [0.2, 0.25) is 0 Å². The molecular weight excluding hydrogens is 279 g/mol. The van der Waals surface area contributed by atoms with Gasteiger partial charge < -0.3 is 9.67 Å². The standard InChI is InChI=1S/C12H10F3NO2S/c13-12(14,15)19-6-5-16-7-9(11(17)18)8-3-1-2-4-10(8)16/h1-4,7H,5-6H2,(H,17,18). The molecule has 1 aromatic heterocycles. The Bertz CT molecular complexity index is 607.